The maximum absolute atomic E-state index is 6.83. The first-order valence-electron chi connectivity index (χ1n) is 9.73. The Morgan fingerprint density at radius 2 is 1.38 bits per heavy atom. The van der Waals surface area contributed by atoms with Gasteiger partial charge in [-0.05, 0) is 41.5 Å². The molecule has 3 aromatic carbocycles. The lowest BCUT2D eigenvalue weighted by molar-refractivity contribution is -0.0189. The van der Waals surface area contributed by atoms with Gasteiger partial charge >= 0.3 is 0 Å². The predicted molar refractivity (Wildman–Crippen MR) is 115 cm³/mol. The van der Waals surface area contributed by atoms with Crippen LogP contribution in [0.4, 0.5) is 5.69 Å². The molecule has 1 aliphatic rings. The molecule has 0 amide bonds. The van der Waals surface area contributed by atoms with E-state index in [0.717, 1.165) is 28.1 Å². The van der Waals surface area contributed by atoms with Gasteiger partial charge in [0.15, 0.2) is 0 Å². The second-order valence-electron chi connectivity index (χ2n) is 7.02. The fourth-order valence-corrected chi connectivity index (χ4v) is 3.97. The van der Waals surface area contributed by atoms with Crippen LogP contribution < -0.4 is 5.32 Å². The zero-order valence-corrected chi connectivity index (χ0v) is 15.9. The molecule has 0 saturated carbocycles. The van der Waals surface area contributed by atoms with Crippen LogP contribution >= 0.6 is 0 Å². The average Bonchev–Trinajstić information content (AvgIpc) is 3.32. The summed E-state index contributed by atoms with van der Waals surface area (Å²) in [6, 6.07) is 32.9. The van der Waals surface area contributed by atoms with Crippen molar-refractivity contribution in [3.8, 4) is 0 Å². The van der Waals surface area contributed by atoms with Gasteiger partial charge in [-0.1, -0.05) is 78.9 Å². The van der Waals surface area contributed by atoms with E-state index in [2.05, 4.69) is 72.0 Å². The van der Waals surface area contributed by atoms with Gasteiger partial charge in [0.1, 0.15) is 17.6 Å². The Morgan fingerprint density at radius 3 is 2.03 bits per heavy atom. The van der Waals surface area contributed by atoms with E-state index < -0.39 is 5.60 Å². The molecule has 29 heavy (non-hydrogen) atoms. The Balaban J connectivity index is 1.69. The molecule has 0 spiro atoms. The van der Waals surface area contributed by atoms with Gasteiger partial charge in [-0.25, -0.2) is 0 Å². The Bertz CT molecular complexity index is 1060. The number of ether oxygens (including phenoxy) is 1. The number of rotatable bonds is 4. The van der Waals surface area contributed by atoms with Crippen molar-refractivity contribution in [3.63, 3.8) is 0 Å². The molecular weight excluding hydrogens is 358 g/mol. The molecule has 5 rings (SSSR count). The van der Waals surface area contributed by atoms with Crippen molar-refractivity contribution in [2.24, 2.45) is 0 Å². The smallest absolute Gasteiger partial charge is 0.149 e. The highest BCUT2D eigenvalue weighted by Gasteiger charge is 2.43. The van der Waals surface area contributed by atoms with Gasteiger partial charge in [0, 0.05) is 11.3 Å². The Hall–Kier alpha value is -3.56. The first-order chi connectivity index (χ1) is 14.4. The van der Waals surface area contributed by atoms with E-state index in [4.69, 9.17) is 9.15 Å². The fourth-order valence-electron chi connectivity index (χ4n) is 3.97. The summed E-state index contributed by atoms with van der Waals surface area (Å²) >= 11 is 0. The van der Waals surface area contributed by atoms with Gasteiger partial charge in [0.2, 0.25) is 0 Å². The van der Waals surface area contributed by atoms with Gasteiger partial charge in [-0.3, -0.25) is 0 Å². The maximum Gasteiger partial charge on any atom is 0.149 e. The third-order valence-electron chi connectivity index (χ3n) is 5.25. The van der Waals surface area contributed by atoms with Gasteiger partial charge in [0.25, 0.3) is 0 Å². The highest BCUT2D eigenvalue weighted by Crippen LogP contribution is 2.47. The summed E-state index contributed by atoms with van der Waals surface area (Å²) in [5.74, 6) is 0.791. The normalized spacial score (nSPS) is 17.6. The standard InChI is InChI=1S/C26H21NO2/c1-3-10-20(11-4-1)26(21-12-5-2-6-13-21)23-15-7-8-16-24(23)27-25(29-26)18-17-22-14-9-19-28-22/h1-19,25,27H/b18-17+/t25-/m1/s1. The molecule has 0 radical (unpaired) electrons. The fraction of sp³-hybridized carbons (Fsp3) is 0.0769. The lowest BCUT2D eigenvalue weighted by Gasteiger charge is -2.43. The van der Waals surface area contributed by atoms with E-state index in [1.807, 2.05) is 42.5 Å². The minimum atomic E-state index is -0.720. The first kappa shape index (κ1) is 17.5. The van der Waals surface area contributed by atoms with Gasteiger partial charge in [-0.15, -0.1) is 0 Å². The summed E-state index contributed by atoms with van der Waals surface area (Å²) in [5.41, 5.74) is 3.62. The van der Waals surface area contributed by atoms with Crippen molar-refractivity contribution >= 4 is 11.8 Å². The highest BCUT2D eigenvalue weighted by molar-refractivity contribution is 5.64. The predicted octanol–water partition coefficient (Wildman–Crippen LogP) is 6.05. The van der Waals surface area contributed by atoms with Crippen LogP contribution in [0.3, 0.4) is 0 Å². The van der Waals surface area contributed by atoms with Crippen molar-refractivity contribution in [2.45, 2.75) is 11.8 Å². The molecule has 0 aliphatic carbocycles. The SMILES string of the molecule is C(=C\[C@@H]1Nc2ccccc2C(c2ccccc2)(c2ccccc2)O1)/c1ccco1. The number of anilines is 1. The Kier molecular flexibility index (Phi) is 4.51. The summed E-state index contributed by atoms with van der Waals surface area (Å²) < 4.78 is 12.3. The second kappa shape index (κ2) is 7.46. The maximum atomic E-state index is 6.83. The molecule has 0 fully saturated rings. The molecule has 142 valence electrons. The van der Waals surface area contributed by atoms with E-state index in [1.165, 1.54) is 0 Å². The zero-order chi connectivity index (χ0) is 19.5. The van der Waals surface area contributed by atoms with Crippen LogP contribution in [0.25, 0.3) is 6.08 Å². The van der Waals surface area contributed by atoms with Crippen LogP contribution in [0.2, 0.25) is 0 Å². The molecule has 0 saturated heterocycles. The van der Waals surface area contributed by atoms with E-state index >= 15 is 0 Å². The number of hydrogen-bond donors (Lipinski definition) is 1. The zero-order valence-electron chi connectivity index (χ0n) is 15.9. The summed E-state index contributed by atoms with van der Waals surface area (Å²) in [7, 11) is 0. The minimum absolute atomic E-state index is 0.324. The third kappa shape index (κ3) is 3.16. The van der Waals surface area contributed by atoms with Gasteiger partial charge < -0.3 is 14.5 Å². The Morgan fingerprint density at radius 1 is 0.724 bits per heavy atom. The third-order valence-corrected chi connectivity index (χ3v) is 5.25. The van der Waals surface area contributed by atoms with Crippen LogP contribution in [-0.4, -0.2) is 6.23 Å². The first-order valence-corrected chi connectivity index (χ1v) is 9.73. The van der Waals surface area contributed by atoms with Crippen molar-refractivity contribution in [1.29, 1.82) is 0 Å². The Labute approximate surface area is 170 Å². The molecule has 1 N–H and O–H groups in total. The number of nitrogens with one attached hydrogen (secondary N) is 1. The lowest BCUT2D eigenvalue weighted by atomic mass is 9.78. The molecular formula is C26H21NO2. The molecule has 0 unspecified atom stereocenters. The molecule has 3 heteroatoms. The van der Waals surface area contributed by atoms with Crippen molar-refractivity contribution in [3.05, 3.63) is 132 Å². The molecule has 1 aliphatic heterocycles. The number of benzene rings is 3. The summed E-state index contributed by atoms with van der Waals surface area (Å²) in [5, 5.41) is 3.50. The highest BCUT2D eigenvalue weighted by atomic mass is 16.5. The molecule has 1 atom stereocenters. The summed E-state index contributed by atoms with van der Waals surface area (Å²) in [4.78, 5) is 0. The summed E-state index contributed by atoms with van der Waals surface area (Å²) in [6.07, 6.45) is 5.28. The van der Waals surface area contributed by atoms with E-state index in [9.17, 15) is 0 Å². The van der Waals surface area contributed by atoms with Crippen LogP contribution in [-0.2, 0) is 10.3 Å². The largest absolute Gasteiger partial charge is 0.465 e. The number of furan rings is 1. The van der Waals surface area contributed by atoms with Crippen molar-refractivity contribution < 1.29 is 9.15 Å². The number of hydrogen-bond acceptors (Lipinski definition) is 3. The summed E-state index contributed by atoms with van der Waals surface area (Å²) in [6.45, 7) is 0. The monoisotopic (exact) mass is 379 g/mol. The molecule has 4 aromatic rings. The van der Waals surface area contributed by atoms with Crippen molar-refractivity contribution in [1.82, 2.24) is 0 Å². The van der Waals surface area contributed by atoms with Crippen molar-refractivity contribution in [2.75, 3.05) is 5.32 Å². The lowest BCUT2D eigenvalue weighted by Crippen LogP contribution is -2.43. The van der Waals surface area contributed by atoms with Gasteiger partial charge in [0.05, 0.1) is 6.26 Å². The second-order valence-corrected chi connectivity index (χ2v) is 7.02. The number of fused-ring (bicyclic) bond motifs is 1. The van der Waals surface area contributed by atoms with Crippen LogP contribution in [0.5, 0.6) is 0 Å². The molecule has 1 aromatic heterocycles. The van der Waals surface area contributed by atoms with E-state index in [1.54, 1.807) is 6.26 Å². The average molecular weight is 379 g/mol. The van der Waals surface area contributed by atoms with Crippen LogP contribution in [0.15, 0.2) is 114 Å². The quantitative estimate of drug-likeness (QED) is 0.468. The molecule has 2 heterocycles. The van der Waals surface area contributed by atoms with Crippen LogP contribution in [0.1, 0.15) is 22.5 Å². The van der Waals surface area contributed by atoms with E-state index in [0.29, 0.717) is 0 Å². The van der Waals surface area contributed by atoms with Gasteiger partial charge in [-0.2, -0.15) is 0 Å². The van der Waals surface area contributed by atoms with Crippen LogP contribution in [0, 0.1) is 0 Å². The topological polar surface area (TPSA) is 34.4 Å². The number of para-hydroxylation sites is 1. The molecule has 3 nitrogen and oxygen atoms in total. The van der Waals surface area contributed by atoms with E-state index in [-0.39, 0.29) is 6.23 Å². The minimum Gasteiger partial charge on any atom is -0.465 e. The molecule has 0 bridgehead atoms.